The number of para-hydroxylation sites is 2. The number of imidazole rings is 1. The Morgan fingerprint density at radius 2 is 2.07 bits per heavy atom. The standard InChI is InChI=1S/C24H27N3OS/c28-21(13-16-12-14-9-10-15(16)11-14)27-24-22(17-5-1-4-8-20(17)29-24)23-25-18-6-2-3-7-19(18)26-23/h2-3,6-7,14-16H,1,4-5,8-13H2,(H,25,26)(H,27,28)/t14-,15-,16+/m0/s1. The summed E-state index contributed by atoms with van der Waals surface area (Å²) in [6.07, 6.45) is 10.7. The second-order valence-electron chi connectivity index (χ2n) is 9.20. The summed E-state index contributed by atoms with van der Waals surface area (Å²) in [5.74, 6) is 3.37. The van der Waals surface area contributed by atoms with Crippen LogP contribution in [0.5, 0.6) is 0 Å². The van der Waals surface area contributed by atoms with Gasteiger partial charge in [0.15, 0.2) is 0 Å². The molecule has 0 spiro atoms. The number of aromatic amines is 1. The van der Waals surface area contributed by atoms with Crippen LogP contribution < -0.4 is 5.32 Å². The molecule has 2 bridgehead atoms. The monoisotopic (exact) mass is 405 g/mol. The smallest absolute Gasteiger partial charge is 0.225 e. The molecular weight excluding hydrogens is 378 g/mol. The predicted octanol–water partition coefficient (Wildman–Crippen LogP) is 5.94. The number of nitrogens with one attached hydrogen (secondary N) is 2. The van der Waals surface area contributed by atoms with Gasteiger partial charge in [0.2, 0.25) is 5.91 Å². The van der Waals surface area contributed by atoms with Crippen LogP contribution >= 0.6 is 11.3 Å². The van der Waals surface area contributed by atoms with E-state index in [9.17, 15) is 4.79 Å². The number of hydrogen-bond donors (Lipinski definition) is 2. The van der Waals surface area contributed by atoms with Crippen LogP contribution in [0.25, 0.3) is 22.4 Å². The van der Waals surface area contributed by atoms with Crippen LogP contribution in [0.3, 0.4) is 0 Å². The number of benzene rings is 1. The molecular formula is C24H27N3OS. The molecule has 0 saturated heterocycles. The molecule has 4 nitrogen and oxygen atoms in total. The maximum atomic E-state index is 13.0. The molecule has 0 radical (unpaired) electrons. The molecule has 2 fully saturated rings. The first-order valence-electron chi connectivity index (χ1n) is 11.1. The summed E-state index contributed by atoms with van der Waals surface area (Å²) >= 11 is 1.78. The molecule has 2 heterocycles. The first kappa shape index (κ1) is 17.7. The van der Waals surface area contributed by atoms with Crippen molar-refractivity contribution in [2.24, 2.45) is 17.8 Å². The van der Waals surface area contributed by atoms with Crippen LogP contribution in [-0.2, 0) is 17.6 Å². The predicted molar refractivity (Wildman–Crippen MR) is 118 cm³/mol. The Labute approximate surface area is 175 Å². The lowest BCUT2D eigenvalue weighted by molar-refractivity contribution is -0.117. The van der Waals surface area contributed by atoms with Crippen LogP contribution in [0, 0.1) is 17.8 Å². The Hall–Kier alpha value is -2.14. The first-order valence-corrected chi connectivity index (χ1v) is 12.0. The maximum absolute atomic E-state index is 13.0. The van der Waals surface area contributed by atoms with Gasteiger partial charge in [0.05, 0.1) is 16.6 Å². The molecule has 3 atom stereocenters. The fraction of sp³-hybridized carbons (Fsp3) is 0.500. The van der Waals surface area contributed by atoms with Gasteiger partial charge in [-0.15, -0.1) is 11.3 Å². The van der Waals surface area contributed by atoms with Gasteiger partial charge in [-0.3, -0.25) is 4.79 Å². The van der Waals surface area contributed by atoms with Crippen molar-refractivity contribution in [2.75, 3.05) is 5.32 Å². The lowest BCUT2D eigenvalue weighted by Gasteiger charge is -2.20. The van der Waals surface area contributed by atoms with E-state index in [1.54, 1.807) is 11.3 Å². The topological polar surface area (TPSA) is 57.8 Å². The Kier molecular flexibility index (Phi) is 4.26. The number of aryl methyl sites for hydroxylation is 1. The first-order chi connectivity index (χ1) is 14.2. The van der Waals surface area contributed by atoms with Crippen molar-refractivity contribution in [2.45, 2.75) is 57.8 Å². The van der Waals surface area contributed by atoms with Gasteiger partial charge < -0.3 is 10.3 Å². The van der Waals surface area contributed by atoms with Crippen LogP contribution in [0.1, 0.15) is 55.4 Å². The Morgan fingerprint density at radius 3 is 2.90 bits per heavy atom. The van der Waals surface area contributed by atoms with E-state index in [1.807, 2.05) is 18.2 Å². The van der Waals surface area contributed by atoms with Gasteiger partial charge in [-0.1, -0.05) is 18.6 Å². The minimum atomic E-state index is 0.193. The highest BCUT2D eigenvalue weighted by atomic mass is 32.1. The largest absolute Gasteiger partial charge is 0.338 e. The van der Waals surface area contributed by atoms with Gasteiger partial charge in [0.25, 0.3) is 0 Å². The number of nitrogens with zero attached hydrogens (tertiary/aromatic N) is 1. The van der Waals surface area contributed by atoms with Gasteiger partial charge in [-0.25, -0.2) is 4.98 Å². The number of aromatic nitrogens is 2. The minimum absolute atomic E-state index is 0.193. The van der Waals surface area contributed by atoms with E-state index in [0.717, 1.165) is 52.1 Å². The average molecular weight is 406 g/mol. The normalized spacial score (nSPS) is 25.4. The molecule has 5 heteroatoms. The van der Waals surface area contributed by atoms with Gasteiger partial charge in [0, 0.05) is 11.3 Å². The van der Waals surface area contributed by atoms with Crippen molar-refractivity contribution in [3.63, 3.8) is 0 Å². The molecule has 1 aromatic carbocycles. The van der Waals surface area contributed by atoms with Crippen molar-refractivity contribution in [1.29, 1.82) is 0 Å². The van der Waals surface area contributed by atoms with E-state index >= 15 is 0 Å². The summed E-state index contributed by atoms with van der Waals surface area (Å²) in [7, 11) is 0. The summed E-state index contributed by atoms with van der Waals surface area (Å²) in [4.78, 5) is 22.8. The molecule has 2 aromatic heterocycles. The number of carbonyl (C=O) groups excluding carboxylic acids is 1. The zero-order chi connectivity index (χ0) is 19.4. The number of rotatable bonds is 4. The summed E-state index contributed by atoms with van der Waals surface area (Å²) in [6, 6.07) is 8.17. The van der Waals surface area contributed by atoms with Crippen LogP contribution in [0.4, 0.5) is 5.00 Å². The molecule has 0 aliphatic heterocycles. The second-order valence-corrected chi connectivity index (χ2v) is 10.3. The molecule has 3 aromatic rings. The molecule has 2 saturated carbocycles. The maximum Gasteiger partial charge on any atom is 0.225 e. The van der Waals surface area contributed by atoms with E-state index in [-0.39, 0.29) is 5.91 Å². The lowest BCUT2D eigenvalue weighted by atomic mass is 9.86. The highest BCUT2D eigenvalue weighted by Gasteiger charge is 2.40. The molecule has 150 valence electrons. The molecule has 2 N–H and O–H groups in total. The van der Waals surface area contributed by atoms with Crippen LogP contribution in [0.15, 0.2) is 24.3 Å². The van der Waals surface area contributed by atoms with Crippen molar-refractivity contribution in [3.05, 3.63) is 34.7 Å². The van der Waals surface area contributed by atoms with E-state index in [1.165, 1.54) is 49.0 Å². The zero-order valence-corrected chi connectivity index (χ0v) is 17.5. The van der Waals surface area contributed by atoms with Gasteiger partial charge in [0.1, 0.15) is 10.8 Å². The summed E-state index contributed by atoms with van der Waals surface area (Å²) in [5, 5.41) is 4.32. The zero-order valence-electron chi connectivity index (χ0n) is 16.7. The number of carbonyl (C=O) groups is 1. The summed E-state index contributed by atoms with van der Waals surface area (Å²) in [5.41, 5.74) is 4.58. The lowest BCUT2D eigenvalue weighted by Crippen LogP contribution is -2.20. The molecule has 6 rings (SSSR count). The number of amides is 1. The number of hydrogen-bond acceptors (Lipinski definition) is 3. The minimum Gasteiger partial charge on any atom is -0.338 e. The van der Waals surface area contributed by atoms with E-state index in [4.69, 9.17) is 4.98 Å². The summed E-state index contributed by atoms with van der Waals surface area (Å²) in [6.45, 7) is 0. The van der Waals surface area contributed by atoms with E-state index < -0.39 is 0 Å². The van der Waals surface area contributed by atoms with E-state index in [2.05, 4.69) is 16.4 Å². The highest BCUT2D eigenvalue weighted by molar-refractivity contribution is 7.17. The summed E-state index contributed by atoms with van der Waals surface area (Å²) < 4.78 is 0. The van der Waals surface area contributed by atoms with Crippen LogP contribution in [-0.4, -0.2) is 15.9 Å². The molecule has 1 amide bonds. The number of anilines is 1. The molecule has 3 aliphatic carbocycles. The molecule has 3 aliphatic rings. The fourth-order valence-corrected chi connectivity index (χ4v) is 7.32. The third-order valence-corrected chi connectivity index (χ3v) is 8.59. The number of H-pyrrole nitrogens is 1. The third kappa shape index (κ3) is 3.10. The van der Waals surface area contributed by atoms with Crippen molar-refractivity contribution < 1.29 is 4.79 Å². The number of fused-ring (bicyclic) bond motifs is 4. The highest BCUT2D eigenvalue weighted by Crippen LogP contribution is 2.50. The van der Waals surface area contributed by atoms with E-state index in [0.29, 0.717) is 12.3 Å². The quantitative estimate of drug-likeness (QED) is 0.565. The van der Waals surface area contributed by atoms with Crippen molar-refractivity contribution in [1.82, 2.24) is 9.97 Å². The van der Waals surface area contributed by atoms with Crippen LogP contribution in [0.2, 0.25) is 0 Å². The fourth-order valence-electron chi connectivity index (χ4n) is 6.02. The number of thiophene rings is 1. The second kappa shape index (κ2) is 6.98. The Morgan fingerprint density at radius 1 is 1.17 bits per heavy atom. The molecule has 29 heavy (non-hydrogen) atoms. The Balaban J connectivity index is 1.32. The molecule has 0 unspecified atom stereocenters. The Bertz CT molecular complexity index is 1050. The van der Waals surface area contributed by atoms with Gasteiger partial charge in [-0.05, 0) is 80.4 Å². The van der Waals surface area contributed by atoms with Gasteiger partial charge in [-0.2, -0.15) is 0 Å². The SMILES string of the molecule is O=C(C[C@H]1C[C@H]2CC[C@H]1C2)Nc1sc2c(c1-c1nc3ccccc3[nH]1)CCCC2. The van der Waals surface area contributed by atoms with Crippen molar-refractivity contribution in [3.8, 4) is 11.4 Å². The van der Waals surface area contributed by atoms with Gasteiger partial charge >= 0.3 is 0 Å². The van der Waals surface area contributed by atoms with Crippen molar-refractivity contribution >= 4 is 33.3 Å². The third-order valence-electron chi connectivity index (χ3n) is 7.38. The average Bonchev–Trinajstić information content (AvgIpc) is 3.49.